The number of likely N-dealkylation sites (tertiary alicyclic amines) is 1. The van der Waals surface area contributed by atoms with Crippen LogP contribution in [0.4, 0.5) is 0 Å². The number of Topliss-reactive ketones (excluding diaryl/α,β-unsaturated/α-hetero) is 1. The molecule has 0 aliphatic carbocycles. The van der Waals surface area contributed by atoms with Crippen LogP contribution < -0.4 is 0 Å². The SMILES string of the molecule is CC(=O)CSC[C@H]1CCCN1C. The van der Waals surface area contributed by atoms with Gasteiger partial charge in [-0.15, -0.1) is 0 Å². The molecule has 0 spiro atoms. The number of carbonyl (C=O) groups is 1. The van der Waals surface area contributed by atoms with Crippen molar-refractivity contribution in [2.45, 2.75) is 25.8 Å². The molecule has 0 aromatic rings. The van der Waals surface area contributed by atoms with E-state index in [0.717, 1.165) is 5.75 Å². The Labute approximate surface area is 78.7 Å². The van der Waals surface area contributed by atoms with E-state index in [-0.39, 0.29) is 0 Å². The number of carbonyl (C=O) groups excluding carboxylic acids is 1. The van der Waals surface area contributed by atoms with Crippen molar-refractivity contribution < 1.29 is 4.79 Å². The molecule has 0 amide bonds. The van der Waals surface area contributed by atoms with E-state index >= 15 is 0 Å². The van der Waals surface area contributed by atoms with E-state index in [1.54, 1.807) is 18.7 Å². The standard InChI is InChI=1S/C9H17NOS/c1-8(11)6-12-7-9-4-3-5-10(9)2/h9H,3-7H2,1-2H3/t9-/m1/s1. The number of ketones is 1. The zero-order chi connectivity index (χ0) is 8.97. The smallest absolute Gasteiger partial charge is 0.139 e. The van der Waals surface area contributed by atoms with Crippen molar-refractivity contribution in [3.8, 4) is 0 Å². The van der Waals surface area contributed by atoms with Crippen LogP contribution in [0.3, 0.4) is 0 Å². The van der Waals surface area contributed by atoms with Crippen LogP contribution in [0.1, 0.15) is 19.8 Å². The lowest BCUT2D eigenvalue weighted by Crippen LogP contribution is -2.27. The van der Waals surface area contributed by atoms with E-state index in [4.69, 9.17) is 0 Å². The van der Waals surface area contributed by atoms with Crippen LogP contribution in [0, 0.1) is 0 Å². The topological polar surface area (TPSA) is 20.3 Å². The molecule has 0 aromatic heterocycles. The van der Waals surface area contributed by atoms with Gasteiger partial charge in [-0.2, -0.15) is 11.8 Å². The molecule has 0 saturated carbocycles. The molecular formula is C9H17NOS. The summed E-state index contributed by atoms with van der Waals surface area (Å²) in [7, 11) is 2.17. The maximum Gasteiger partial charge on any atom is 0.139 e. The lowest BCUT2D eigenvalue weighted by Gasteiger charge is -2.18. The van der Waals surface area contributed by atoms with Crippen LogP contribution in [0.2, 0.25) is 0 Å². The molecule has 1 fully saturated rings. The first-order valence-corrected chi connectivity index (χ1v) is 5.63. The third kappa shape index (κ3) is 3.15. The lowest BCUT2D eigenvalue weighted by atomic mass is 10.2. The quantitative estimate of drug-likeness (QED) is 0.663. The molecule has 0 unspecified atom stereocenters. The minimum absolute atomic E-state index is 0.292. The Balaban J connectivity index is 2.10. The van der Waals surface area contributed by atoms with Gasteiger partial charge in [0, 0.05) is 11.8 Å². The van der Waals surface area contributed by atoms with Crippen molar-refractivity contribution in [2.75, 3.05) is 25.1 Å². The highest BCUT2D eigenvalue weighted by molar-refractivity contribution is 8.00. The Morgan fingerprint density at radius 2 is 2.42 bits per heavy atom. The molecular weight excluding hydrogens is 170 g/mol. The van der Waals surface area contributed by atoms with Crippen molar-refractivity contribution in [3.05, 3.63) is 0 Å². The minimum atomic E-state index is 0.292. The molecule has 0 aromatic carbocycles. The minimum Gasteiger partial charge on any atom is -0.303 e. The predicted molar refractivity (Wildman–Crippen MR) is 53.7 cm³/mol. The summed E-state index contributed by atoms with van der Waals surface area (Å²) in [6.07, 6.45) is 2.63. The zero-order valence-corrected chi connectivity index (χ0v) is 8.69. The van der Waals surface area contributed by atoms with Gasteiger partial charge in [-0.25, -0.2) is 0 Å². The van der Waals surface area contributed by atoms with E-state index in [1.807, 2.05) is 0 Å². The van der Waals surface area contributed by atoms with Crippen molar-refractivity contribution in [1.29, 1.82) is 0 Å². The van der Waals surface area contributed by atoms with Crippen molar-refractivity contribution in [1.82, 2.24) is 4.90 Å². The average molecular weight is 187 g/mol. The fourth-order valence-electron chi connectivity index (χ4n) is 1.53. The second kappa shape index (κ2) is 4.87. The highest BCUT2D eigenvalue weighted by Crippen LogP contribution is 2.18. The summed E-state index contributed by atoms with van der Waals surface area (Å²) in [6, 6.07) is 0.717. The van der Waals surface area contributed by atoms with Gasteiger partial charge in [0.25, 0.3) is 0 Å². The van der Waals surface area contributed by atoms with Crippen LogP contribution in [-0.4, -0.2) is 41.8 Å². The first-order valence-electron chi connectivity index (χ1n) is 4.47. The Morgan fingerprint density at radius 3 is 2.92 bits per heavy atom. The molecule has 2 nitrogen and oxygen atoms in total. The summed E-state index contributed by atoms with van der Waals surface area (Å²) >= 11 is 1.77. The van der Waals surface area contributed by atoms with Gasteiger partial charge in [0.15, 0.2) is 0 Å². The maximum atomic E-state index is 10.7. The van der Waals surface area contributed by atoms with Gasteiger partial charge in [0.2, 0.25) is 0 Å². The molecule has 0 radical (unpaired) electrons. The third-order valence-corrected chi connectivity index (χ3v) is 3.52. The Kier molecular flexibility index (Phi) is 4.09. The average Bonchev–Trinajstić information content (AvgIpc) is 2.36. The number of rotatable bonds is 4. The van der Waals surface area contributed by atoms with E-state index in [0.29, 0.717) is 17.6 Å². The lowest BCUT2D eigenvalue weighted by molar-refractivity contribution is -0.114. The molecule has 3 heteroatoms. The van der Waals surface area contributed by atoms with Crippen molar-refractivity contribution in [2.24, 2.45) is 0 Å². The second-order valence-electron chi connectivity index (χ2n) is 3.49. The van der Waals surface area contributed by atoms with Gasteiger partial charge >= 0.3 is 0 Å². The molecule has 70 valence electrons. The summed E-state index contributed by atoms with van der Waals surface area (Å²) in [6.45, 7) is 2.89. The fourth-order valence-corrected chi connectivity index (χ4v) is 2.63. The molecule has 0 N–H and O–H groups in total. The number of thioether (sulfide) groups is 1. The van der Waals surface area contributed by atoms with Crippen LogP contribution in [0.15, 0.2) is 0 Å². The number of hydrogen-bond donors (Lipinski definition) is 0. The molecule has 1 aliphatic heterocycles. The molecule has 0 bridgehead atoms. The van der Waals surface area contributed by atoms with Crippen LogP contribution >= 0.6 is 11.8 Å². The van der Waals surface area contributed by atoms with Crippen molar-refractivity contribution >= 4 is 17.5 Å². The van der Waals surface area contributed by atoms with Gasteiger partial charge in [-0.05, 0) is 33.4 Å². The van der Waals surface area contributed by atoms with Gasteiger partial charge < -0.3 is 4.90 Å². The van der Waals surface area contributed by atoms with E-state index in [9.17, 15) is 4.79 Å². The highest BCUT2D eigenvalue weighted by Gasteiger charge is 2.20. The summed E-state index contributed by atoms with van der Waals surface area (Å²) in [5.41, 5.74) is 0. The first kappa shape index (κ1) is 10.1. The van der Waals surface area contributed by atoms with Crippen LogP contribution in [-0.2, 0) is 4.79 Å². The number of nitrogens with zero attached hydrogens (tertiary/aromatic N) is 1. The molecule has 1 atom stereocenters. The molecule has 1 saturated heterocycles. The summed E-state index contributed by atoms with van der Waals surface area (Å²) in [5.74, 6) is 2.10. The van der Waals surface area contributed by atoms with E-state index in [2.05, 4.69) is 11.9 Å². The van der Waals surface area contributed by atoms with E-state index in [1.165, 1.54) is 19.4 Å². The van der Waals surface area contributed by atoms with Gasteiger partial charge in [0.05, 0.1) is 5.75 Å². The molecule has 1 heterocycles. The Hall–Kier alpha value is -0.0200. The zero-order valence-electron chi connectivity index (χ0n) is 7.88. The third-order valence-electron chi connectivity index (χ3n) is 2.29. The maximum absolute atomic E-state index is 10.7. The second-order valence-corrected chi connectivity index (χ2v) is 4.52. The Morgan fingerprint density at radius 1 is 1.67 bits per heavy atom. The summed E-state index contributed by atoms with van der Waals surface area (Å²) in [4.78, 5) is 13.1. The predicted octanol–water partition coefficient (Wildman–Crippen LogP) is 1.40. The Bertz CT molecular complexity index is 161. The monoisotopic (exact) mass is 187 g/mol. The van der Waals surface area contributed by atoms with Crippen LogP contribution in [0.5, 0.6) is 0 Å². The van der Waals surface area contributed by atoms with Gasteiger partial charge in [-0.3, -0.25) is 4.79 Å². The van der Waals surface area contributed by atoms with Crippen LogP contribution in [0.25, 0.3) is 0 Å². The number of hydrogen-bond acceptors (Lipinski definition) is 3. The highest BCUT2D eigenvalue weighted by atomic mass is 32.2. The van der Waals surface area contributed by atoms with Gasteiger partial charge in [-0.1, -0.05) is 0 Å². The van der Waals surface area contributed by atoms with Gasteiger partial charge in [0.1, 0.15) is 5.78 Å². The molecule has 12 heavy (non-hydrogen) atoms. The normalized spacial score (nSPS) is 24.7. The fraction of sp³-hybridized carbons (Fsp3) is 0.889. The van der Waals surface area contributed by atoms with E-state index < -0.39 is 0 Å². The van der Waals surface area contributed by atoms with Crippen molar-refractivity contribution in [3.63, 3.8) is 0 Å². The largest absolute Gasteiger partial charge is 0.303 e. The molecule has 1 aliphatic rings. The first-order chi connectivity index (χ1) is 5.70. The molecule has 1 rings (SSSR count). The summed E-state index contributed by atoms with van der Waals surface area (Å²) < 4.78 is 0. The summed E-state index contributed by atoms with van der Waals surface area (Å²) in [5, 5.41) is 0.